The van der Waals surface area contributed by atoms with Crippen LogP contribution in [0.25, 0.3) is 0 Å². The van der Waals surface area contributed by atoms with Crippen molar-refractivity contribution in [1.82, 2.24) is 5.32 Å². The van der Waals surface area contributed by atoms with Gasteiger partial charge in [-0.05, 0) is 24.3 Å². The minimum absolute atomic E-state index is 0.0957. The van der Waals surface area contributed by atoms with Crippen molar-refractivity contribution < 1.29 is 4.79 Å². The van der Waals surface area contributed by atoms with Crippen LogP contribution in [0.5, 0.6) is 0 Å². The number of hydrogen-bond acceptors (Lipinski definition) is 1. The van der Waals surface area contributed by atoms with Crippen molar-refractivity contribution in [2.75, 3.05) is 7.05 Å². The number of nitrogens with one attached hydrogen (secondary N) is 1. The summed E-state index contributed by atoms with van der Waals surface area (Å²) in [6.45, 7) is 0. The summed E-state index contributed by atoms with van der Waals surface area (Å²) in [5, 5.41) is 3.16. The Kier molecular flexibility index (Phi) is 2.49. The molecule has 0 saturated heterocycles. The number of hydrogen-bond donors (Lipinski definition) is 1. The maximum absolute atomic E-state index is 11.0. The lowest BCUT2D eigenvalue weighted by molar-refractivity contribution is 0.0963. The maximum atomic E-state index is 11.0. The van der Waals surface area contributed by atoms with E-state index >= 15 is 0 Å². The van der Waals surface area contributed by atoms with E-state index in [-0.39, 0.29) is 5.91 Å². The molecule has 0 unspecified atom stereocenters. The maximum Gasteiger partial charge on any atom is 0.251 e. The van der Waals surface area contributed by atoms with E-state index in [4.69, 9.17) is 11.6 Å². The molecule has 1 aromatic carbocycles. The fourth-order valence-electron chi connectivity index (χ4n) is 0.746. The van der Waals surface area contributed by atoms with Crippen LogP contribution in [0.4, 0.5) is 0 Å². The van der Waals surface area contributed by atoms with Gasteiger partial charge in [-0.2, -0.15) is 0 Å². The van der Waals surface area contributed by atoms with Crippen molar-refractivity contribution in [3.8, 4) is 0 Å². The molecule has 1 N–H and O–H groups in total. The van der Waals surface area contributed by atoms with Gasteiger partial charge in [0.1, 0.15) is 0 Å². The highest BCUT2D eigenvalue weighted by Gasteiger charge is 2.00. The Hall–Kier alpha value is -1.02. The summed E-state index contributed by atoms with van der Waals surface area (Å²) in [6.07, 6.45) is 0. The summed E-state index contributed by atoms with van der Waals surface area (Å²) >= 11 is 5.63. The molecular weight excluding hydrogens is 162 g/mol. The van der Waals surface area contributed by atoms with Crippen LogP contribution in [0, 0.1) is 0 Å². The first kappa shape index (κ1) is 8.08. The highest BCUT2D eigenvalue weighted by molar-refractivity contribution is 6.30. The highest BCUT2D eigenvalue weighted by atomic mass is 35.5. The predicted molar refractivity (Wildman–Crippen MR) is 44.8 cm³/mol. The van der Waals surface area contributed by atoms with Crippen LogP contribution in [-0.2, 0) is 0 Å². The average molecular weight is 170 g/mol. The monoisotopic (exact) mass is 169 g/mol. The van der Waals surface area contributed by atoms with Crippen LogP contribution in [0.2, 0.25) is 5.02 Å². The zero-order chi connectivity index (χ0) is 8.27. The molecule has 0 fully saturated rings. The van der Waals surface area contributed by atoms with Crippen molar-refractivity contribution in [2.45, 2.75) is 0 Å². The molecule has 0 radical (unpaired) electrons. The van der Waals surface area contributed by atoms with Crippen LogP contribution in [-0.4, -0.2) is 13.0 Å². The molecule has 1 rings (SSSR count). The van der Waals surface area contributed by atoms with E-state index in [0.717, 1.165) is 0 Å². The van der Waals surface area contributed by atoms with Gasteiger partial charge in [0.05, 0.1) is 0 Å². The number of benzene rings is 1. The fraction of sp³-hybridized carbons (Fsp3) is 0.125. The van der Waals surface area contributed by atoms with Crippen LogP contribution < -0.4 is 5.32 Å². The Morgan fingerprint density at radius 2 is 1.91 bits per heavy atom. The van der Waals surface area contributed by atoms with E-state index in [9.17, 15) is 4.79 Å². The lowest BCUT2D eigenvalue weighted by atomic mass is 10.2. The molecule has 0 spiro atoms. The van der Waals surface area contributed by atoms with Crippen molar-refractivity contribution in [3.63, 3.8) is 0 Å². The van der Waals surface area contributed by atoms with Crippen molar-refractivity contribution in [2.24, 2.45) is 0 Å². The molecule has 1 aromatic rings. The Bertz CT molecular complexity index is 255. The molecule has 2 nitrogen and oxygen atoms in total. The average Bonchev–Trinajstić information content (AvgIpc) is 2.05. The van der Waals surface area contributed by atoms with Gasteiger partial charge in [-0.1, -0.05) is 11.6 Å². The second kappa shape index (κ2) is 3.39. The van der Waals surface area contributed by atoms with E-state index in [1.165, 1.54) is 0 Å². The van der Waals surface area contributed by atoms with Crippen molar-refractivity contribution in [3.05, 3.63) is 34.9 Å². The molecule has 0 saturated carbocycles. The summed E-state index contributed by atoms with van der Waals surface area (Å²) in [7, 11) is 1.59. The highest BCUT2D eigenvalue weighted by Crippen LogP contribution is 2.08. The lowest BCUT2D eigenvalue weighted by Gasteiger charge is -1.97. The molecule has 1 amide bonds. The number of rotatable bonds is 1. The molecule has 58 valence electrons. The van der Waals surface area contributed by atoms with Gasteiger partial charge in [-0.15, -0.1) is 0 Å². The van der Waals surface area contributed by atoms with Gasteiger partial charge in [0.15, 0.2) is 0 Å². The third kappa shape index (κ3) is 1.95. The molecule has 11 heavy (non-hydrogen) atoms. The molecule has 3 heteroatoms. The first-order chi connectivity index (χ1) is 5.24. The van der Waals surface area contributed by atoms with E-state index in [2.05, 4.69) is 5.32 Å². The second-order valence-electron chi connectivity index (χ2n) is 2.09. The van der Waals surface area contributed by atoms with Crippen molar-refractivity contribution in [1.29, 1.82) is 0 Å². The third-order valence-electron chi connectivity index (χ3n) is 1.33. The van der Waals surface area contributed by atoms with Crippen LogP contribution >= 0.6 is 11.6 Å². The standard InChI is InChI=1S/C8H8ClNO/c1-10-8(11)6-2-4-7(9)5-3-6/h2-5H,1H3,(H,10,11). The summed E-state index contributed by atoms with van der Waals surface area (Å²) in [5.74, 6) is -0.0957. The summed E-state index contributed by atoms with van der Waals surface area (Å²) in [6, 6.07) is 6.74. The summed E-state index contributed by atoms with van der Waals surface area (Å²) in [4.78, 5) is 11.0. The summed E-state index contributed by atoms with van der Waals surface area (Å²) in [5.41, 5.74) is 0.622. The predicted octanol–water partition coefficient (Wildman–Crippen LogP) is 1.70. The van der Waals surface area contributed by atoms with Crippen LogP contribution in [0.3, 0.4) is 0 Å². The van der Waals surface area contributed by atoms with Crippen LogP contribution in [0.1, 0.15) is 10.4 Å². The van der Waals surface area contributed by atoms with Gasteiger partial charge in [0.2, 0.25) is 0 Å². The normalized spacial score (nSPS) is 9.27. The number of amides is 1. The van der Waals surface area contributed by atoms with E-state index in [1.54, 1.807) is 31.3 Å². The van der Waals surface area contributed by atoms with Gasteiger partial charge in [0.25, 0.3) is 5.91 Å². The molecule has 0 aliphatic rings. The molecule has 0 aromatic heterocycles. The first-order valence-corrected chi connectivity index (χ1v) is 3.59. The summed E-state index contributed by atoms with van der Waals surface area (Å²) < 4.78 is 0. The van der Waals surface area contributed by atoms with E-state index in [0.29, 0.717) is 10.6 Å². The lowest BCUT2D eigenvalue weighted by Crippen LogP contribution is -2.17. The minimum atomic E-state index is -0.0957. The zero-order valence-electron chi connectivity index (χ0n) is 6.10. The first-order valence-electron chi connectivity index (χ1n) is 3.21. The minimum Gasteiger partial charge on any atom is -0.355 e. The molecule has 0 aliphatic carbocycles. The van der Waals surface area contributed by atoms with E-state index < -0.39 is 0 Å². The van der Waals surface area contributed by atoms with Crippen molar-refractivity contribution >= 4 is 17.5 Å². The molecule has 0 bridgehead atoms. The number of carbonyl (C=O) groups excluding carboxylic acids is 1. The van der Waals surface area contributed by atoms with Gasteiger partial charge < -0.3 is 5.32 Å². The van der Waals surface area contributed by atoms with Gasteiger partial charge in [0, 0.05) is 17.6 Å². The Morgan fingerprint density at radius 3 is 2.36 bits per heavy atom. The topological polar surface area (TPSA) is 29.1 Å². The third-order valence-corrected chi connectivity index (χ3v) is 1.59. The quantitative estimate of drug-likeness (QED) is 0.681. The smallest absolute Gasteiger partial charge is 0.251 e. The van der Waals surface area contributed by atoms with Gasteiger partial charge >= 0.3 is 0 Å². The van der Waals surface area contributed by atoms with Crippen LogP contribution in [0.15, 0.2) is 24.3 Å². The van der Waals surface area contributed by atoms with Gasteiger partial charge in [-0.3, -0.25) is 4.79 Å². The number of carbonyl (C=O) groups is 1. The SMILES string of the molecule is CNC(=O)c1ccc(Cl)cc1. The largest absolute Gasteiger partial charge is 0.355 e. The molecule has 0 heterocycles. The fourth-order valence-corrected chi connectivity index (χ4v) is 0.872. The Morgan fingerprint density at radius 1 is 1.36 bits per heavy atom. The zero-order valence-corrected chi connectivity index (χ0v) is 6.85. The Labute approximate surface area is 70.2 Å². The molecule has 0 aliphatic heterocycles. The van der Waals surface area contributed by atoms with Gasteiger partial charge in [-0.25, -0.2) is 0 Å². The molecule has 0 atom stereocenters. The second-order valence-corrected chi connectivity index (χ2v) is 2.52. The van der Waals surface area contributed by atoms with E-state index in [1.807, 2.05) is 0 Å². The Balaban J connectivity index is 2.90. The molecular formula is C8H8ClNO. The number of halogens is 1.